The summed E-state index contributed by atoms with van der Waals surface area (Å²) >= 11 is 18.9. The lowest BCUT2D eigenvalue weighted by Crippen LogP contribution is -2.33. The van der Waals surface area contributed by atoms with Gasteiger partial charge in [0.2, 0.25) is 5.88 Å². The molecule has 6 heterocycles. The lowest BCUT2D eigenvalue weighted by Gasteiger charge is -2.30. The molecule has 2 N–H and O–H groups in total. The van der Waals surface area contributed by atoms with Gasteiger partial charge in [-0.1, -0.05) is 46.9 Å². The number of benzene rings is 2. The van der Waals surface area contributed by atoms with Gasteiger partial charge >= 0.3 is 12.4 Å². The van der Waals surface area contributed by atoms with Crippen LogP contribution in [0.5, 0.6) is 5.88 Å². The van der Waals surface area contributed by atoms with Crippen LogP contribution in [0.3, 0.4) is 0 Å². The van der Waals surface area contributed by atoms with Crippen LogP contribution in [-0.4, -0.2) is 77.8 Å². The molecule has 67 heavy (non-hydrogen) atoms. The first-order chi connectivity index (χ1) is 31.2. The summed E-state index contributed by atoms with van der Waals surface area (Å²) in [6, 6.07) is 9.53. The summed E-state index contributed by atoms with van der Waals surface area (Å²) in [5.74, 6) is 2.49. The predicted octanol–water partition coefficient (Wildman–Crippen LogP) is 9.38. The molecule has 2 aromatic carbocycles. The van der Waals surface area contributed by atoms with Crippen LogP contribution < -0.4 is 4.74 Å². The fourth-order valence-corrected chi connectivity index (χ4v) is 8.92. The second-order valence-electron chi connectivity index (χ2n) is 16.1. The predicted molar refractivity (Wildman–Crippen MR) is 241 cm³/mol. The van der Waals surface area contributed by atoms with E-state index in [0.29, 0.717) is 68.2 Å². The number of methoxy groups -OCH3 is 1. The molecule has 13 nitrogen and oxygen atoms in total. The summed E-state index contributed by atoms with van der Waals surface area (Å²) in [6.07, 6.45) is -5.41. The fraction of sp³-hybridized carbons (Fsp3) is 0.333. The zero-order chi connectivity index (χ0) is 49.3. The van der Waals surface area contributed by atoms with Gasteiger partial charge in [-0.3, -0.25) is 0 Å². The molecule has 0 bridgehead atoms. The van der Waals surface area contributed by atoms with E-state index < -0.39 is 36.4 Å². The van der Waals surface area contributed by atoms with Gasteiger partial charge in [0.1, 0.15) is 28.5 Å². The number of fused-ring (bicyclic) bond motifs is 2. The largest absolute Gasteiger partial charge is 0.481 e. The second-order valence-corrected chi connectivity index (χ2v) is 17.2. The topological polar surface area (TPSA) is 147 Å². The molecule has 22 heteroatoms. The fourth-order valence-electron chi connectivity index (χ4n) is 8.01. The first-order valence-electron chi connectivity index (χ1n) is 20.2. The number of aryl methyl sites for hydroxylation is 4. The zero-order valence-corrected chi connectivity index (χ0v) is 39.6. The van der Waals surface area contributed by atoms with E-state index in [9.17, 15) is 36.6 Å². The quantitative estimate of drug-likeness (QED) is 0.107. The highest BCUT2D eigenvalue weighted by Crippen LogP contribution is 2.43. The van der Waals surface area contributed by atoms with Crippen molar-refractivity contribution < 1.29 is 41.3 Å². The van der Waals surface area contributed by atoms with Gasteiger partial charge in [0.15, 0.2) is 11.2 Å². The number of hydrogen-bond acceptors (Lipinski definition) is 9. The average Bonchev–Trinajstić information content (AvgIpc) is 4.01. The highest BCUT2D eigenvalue weighted by molar-refractivity contribution is 6.39. The molecule has 8 aromatic rings. The minimum Gasteiger partial charge on any atom is -0.481 e. The average molecular weight is 992 g/mol. The number of alkyl halides is 6. The van der Waals surface area contributed by atoms with E-state index in [-0.39, 0.29) is 43.0 Å². The van der Waals surface area contributed by atoms with Crippen molar-refractivity contribution in [2.75, 3.05) is 7.11 Å². The number of rotatable bonds is 9. The Balaban J connectivity index is 0.000000199. The second kappa shape index (κ2) is 17.7. The van der Waals surface area contributed by atoms with Crippen molar-refractivity contribution in [2.24, 2.45) is 28.2 Å². The van der Waals surface area contributed by atoms with Gasteiger partial charge in [0, 0.05) is 50.1 Å². The van der Waals surface area contributed by atoms with Crippen molar-refractivity contribution in [1.82, 2.24) is 48.2 Å². The maximum absolute atomic E-state index is 13.2. The van der Waals surface area contributed by atoms with Crippen molar-refractivity contribution >= 4 is 56.6 Å². The Bertz CT molecular complexity index is 3100. The van der Waals surface area contributed by atoms with Gasteiger partial charge in [-0.2, -0.15) is 26.3 Å². The molecular weight excluding hydrogens is 949 g/mol. The van der Waals surface area contributed by atoms with Gasteiger partial charge in [0.05, 0.1) is 88.6 Å². The summed E-state index contributed by atoms with van der Waals surface area (Å²) in [5, 5.41) is 24.3. The number of hydrogen-bond donors (Lipinski definition) is 2. The molecule has 0 fully saturated rings. The minimum atomic E-state index is -4.51. The van der Waals surface area contributed by atoms with Gasteiger partial charge < -0.3 is 33.2 Å². The molecule has 0 aliphatic heterocycles. The highest BCUT2D eigenvalue weighted by Gasteiger charge is 2.42. The first-order valence-corrected chi connectivity index (χ1v) is 21.3. The number of nitrogens with zero attached hydrogens (tertiary/aromatic N) is 10. The third-order valence-corrected chi connectivity index (χ3v) is 13.3. The van der Waals surface area contributed by atoms with Crippen LogP contribution in [0.25, 0.3) is 21.8 Å². The van der Waals surface area contributed by atoms with Crippen LogP contribution in [0.1, 0.15) is 68.3 Å². The molecule has 0 aliphatic rings. The van der Waals surface area contributed by atoms with E-state index in [2.05, 4.69) is 29.9 Å². The maximum atomic E-state index is 13.2. The summed E-state index contributed by atoms with van der Waals surface area (Å²) < 4.78 is 91.1. The van der Waals surface area contributed by atoms with Gasteiger partial charge in [-0.25, -0.2) is 29.9 Å². The third-order valence-electron chi connectivity index (χ3n) is 12.1. The first kappa shape index (κ1) is 49.2. The molecule has 0 saturated heterocycles. The summed E-state index contributed by atoms with van der Waals surface area (Å²) in [6.45, 7) is 7.20. The molecule has 0 radical (unpaired) electrons. The van der Waals surface area contributed by atoms with Crippen molar-refractivity contribution in [3.8, 4) is 5.88 Å². The molecule has 6 aromatic heterocycles. The van der Waals surface area contributed by atoms with E-state index in [1.807, 2.05) is 0 Å². The van der Waals surface area contributed by atoms with Crippen molar-refractivity contribution in [3.05, 3.63) is 145 Å². The maximum Gasteiger partial charge on any atom is 0.393 e. The van der Waals surface area contributed by atoms with E-state index >= 15 is 0 Å². The van der Waals surface area contributed by atoms with Crippen molar-refractivity contribution in [2.45, 2.75) is 64.1 Å². The molecule has 8 rings (SSSR count). The molecule has 0 unspecified atom stereocenters. The number of ether oxygens (including phenoxy) is 1. The van der Waals surface area contributed by atoms with E-state index in [0.717, 1.165) is 0 Å². The van der Waals surface area contributed by atoms with Crippen molar-refractivity contribution in [1.29, 1.82) is 0 Å². The highest BCUT2D eigenvalue weighted by atomic mass is 35.5. The smallest absolute Gasteiger partial charge is 0.393 e. The summed E-state index contributed by atoms with van der Waals surface area (Å²) in [7, 11) is 8.32. The summed E-state index contributed by atoms with van der Waals surface area (Å²) in [5.41, 5.74) is -0.827. The SMILES string of the molecule is COc1nc2ccc(C(O)(c3cnc(C)n3C)c3cnc(C)n3C)cc2c(Cl)c1CC(F)(F)F.Cc1ncc(C(O)(c2ccc3nc(Cl)c(CC(F)(F)F)c(Cl)c3c2)c2cnc(C)n2C)n1C. The van der Waals surface area contributed by atoms with Crippen LogP contribution in [0, 0.1) is 27.7 Å². The Morgan fingerprint density at radius 2 is 0.866 bits per heavy atom. The number of pyridine rings is 2. The molecule has 0 saturated carbocycles. The molecule has 0 spiro atoms. The lowest BCUT2D eigenvalue weighted by atomic mass is 9.86. The summed E-state index contributed by atoms with van der Waals surface area (Å²) in [4.78, 5) is 25.6. The Labute approximate surface area is 394 Å². The molecular formula is C45H43Cl3F6N10O3. The van der Waals surface area contributed by atoms with Crippen molar-refractivity contribution in [3.63, 3.8) is 0 Å². The third kappa shape index (κ3) is 8.83. The molecule has 0 amide bonds. The van der Waals surface area contributed by atoms with Gasteiger partial charge in [-0.15, -0.1) is 0 Å². The van der Waals surface area contributed by atoms with Crippen LogP contribution in [0.4, 0.5) is 26.3 Å². The van der Waals surface area contributed by atoms with Crippen LogP contribution in [-0.2, 0) is 52.2 Å². The number of imidazole rings is 4. The lowest BCUT2D eigenvalue weighted by molar-refractivity contribution is -0.128. The normalized spacial score (nSPS) is 12.6. The molecule has 0 atom stereocenters. The minimum absolute atomic E-state index is 0.134. The standard InChI is InChI=1S/C23H23ClF3N5O2.C22H20Cl2F3N5O/c1-12-28-10-18(31(12)3)23(33,19-11-29-13(2)32(19)4)14-6-7-17-15(8-14)20(24)16(9-22(25,26)27)21(30-17)34-5;1-11-28-9-17(31(11)3)22(33,18-10-29-12(2)32(18)4)13-5-6-16-14(7-13)19(23)15(20(24)30-16)8-21(25,26)27/h6-8,10-11,33H,9H2,1-5H3;5-7,9-10,33H,8H2,1-4H3. The number of aliphatic hydroxyl groups is 2. The van der Waals surface area contributed by atoms with Crippen LogP contribution in [0.2, 0.25) is 15.2 Å². The van der Waals surface area contributed by atoms with Gasteiger partial charge in [-0.05, 0) is 63.1 Å². The van der Waals surface area contributed by atoms with E-state index in [1.165, 1.54) is 13.2 Å². The molecule has 354 valence electrons. The number of aromatic nitrogens is 10. The van der Waals surface area contributed by atoms with Crippen LogP contribution >= 0.6 is 34.8 Å². The monoisotopic (exact) mass is 990 g/mol. The Morgan fingerprint density at radius 1 is 0.537 bits per heavy atom. The Morgan fingerprint density at radius 3 is 1.18 bits per heavy atom. The zero-order valence-electron chi connectivity index (χ0n) is 37.4. The van der Waals surface area contributed by atoms with Crippen LogP contribution in [0.15, 0.2) is 61.2 Å². The Kier molecular flexibility index (Phi) is 13.0. The van der Waals surface area contributed by atoms with Gasteiger partial charge in [0.25, 0.3) is 0 Å². The number of halogens is 9. The van der Waals surface area contributed by atoms with E-state index in [1.54, 1.807) is 129 Å². The Hall–Kier alpha value is -5.73. The molecule has 0 aliphatic carbocycles. The van der Waals surface area contributed by atoms with E-state index in [4.69, 9.17) is 39.5 Å².